The highest BCUT2D eigenvalue weighted by atomic mass is 32.2. The molecule has 234 valence electrons. The van der Waals surface area contributed by atoms with Gasteiger partial charge in [0, 0.05) is 25.1 Å². The number of rotatable bonds is 12. The molecule has 12 nitrogen and oxygen atoms in total. The maximum Gasteiger partial charge on any atom is 0.270 e. The lowest BCUT2D eigenvalue weighted by atomic mass is 10.1. The number of sulfonamides is 1. The Morgan fingerprint density at radius 3 is 2.38 bits per heavy atom. The lowest BCUT2D eigenvalue weighted by Gasteiger charge is -2.31. The summed E-state index contributed by atoms with van der Waals surface area (Å²) >= 11 is 1.19. The minimum absolute atomic E-state index is 0.0253. The van der Waals surface area contributed by atoms with Crippen molar-refractivity contribution < 1.29 is 27.5 Å². The monoisotopic (exact) mass is 648 g/mol. The number of hydrogen-bond acceptors (Lipinski definition) is 9. The maximum absolute atomic E-state index is 13.1. The predicted octanol–water partition coefficient (Wildman–Crippen LogP) is 2.49. The zero-order valence-electron chi connectivity index (χ0n) is 24.4. The number of para-hydroxylation sites is 1. The van der Waals surface area contributed by atoms with Gasteiger partial charge in [-0.2, -0.15) is 4.99 Å². The number of benzene rings is 3. The van der Waals surface area contributed by atoms with Crippen molar-refractivity contribution >= 4 is 56.2 Å². The first-order valence-electron chi connectivity index (χ1n) is 14.1. The second-order valence-corrected chi connectivity index (χ2v) is 12.8. The number of nitrogens with two attached hydrogens (primary N) is 1. The van der Waals surface area contributed by atoms with Gasteiger partial charge in [-0.05, 0) is 60.4 Å². The molecule has 3 aromatic carbocycles. The standard InChI is InChI=1S/C31H32N6O6S2/c1-43-22-10-6-21(7-11-22)18-34-27(38)15-14-26-30(40)36-29-24-4-2-3-5-25(24)35-31(37(26)29)44-19-28(39)33-17-16-20-8-12-23(13-9-20)45(32,41)42/h2-13,26H,14-19H2,1H3,(H,33,39)(H,34,38)(H2,32,41,42). The first-order chi connectivity index (χ1) is 21.6. The Morgan fingerprint density at radius 1 is 0.956 bits per heavy atom. The van der Waals surface area contributed by atoms with E-state index in [2.05, 4.69) is 15.6 Å². The van der Waals surface area contributed by atoms with Gasteiger partial charge in [-0.25, -0.2) is 18.5 Å². The van der Waals surface area contributed by atoms with Crippen LogP contribution in [0.2, 0.25) is 0 Å². The summed E-state index contributed by atoms with van der Waals surface area (Å²) in [4.78, 5) is 49.3. The van der Waals surface area contributed by atoms with Crippen molar-refractivity contribution in [2.45, 2.75) is 36.7 Å². The summed E-state index contributed by atoms with van der Waals surface area (Å²) in [5, 5.41) is 11.3. The van der Waals surface area contributed by atoms with E-state index in [4.69, 9.17) is 14.9 Å². The van der Waals surface area contributed by atoms with Crippen LogP contribution in [-0.2, 0) is 37.4 Å². The molecule has 3 aromatic rings. The topological polar surface area (TPSA) is 173 Å². The van der Waals surface area contributed by atoms with Gasteiger partial charge in [0.1, 0.15) is 17.6 Å². The quantitative estimate of drug-likeness (QED) is 0.269. The van der Waals surface area contributed by atoms with Gasteiger partial charge in [-0.3, -0.25) is 19.3 Å². The molecule has 4 N–H and O–H groups in total. The molecule has 3 amide bonds. The van der Waals surface area contributed by atoms with Crippen LogP contribution in [0.5, 0.6) is 5.75 Å². The first kappa shape index (κ1) is 31.9. The van der Waals surface area contributed by atoms with E-state index in [0.29, 0.717) is 41.8 Å². The Labute approximate surface area is 265 Å². The fraction of sp³-hybridized carbons (Fsp3) is 0.258. The number of nitrogens with zero attached hydrogens (tertiary/aromatic N) is 3. The van der Waals surface area contributed by atoms with Crippen LogP contribution in [0.15, 0.2) is 87.7 Å². The summed E-state index contributed by atoms with van der Waals surface area (Å²) in [5.74, 6) is 0.427. The summed E-state index contributed by atoms with van der Waals surface area (Å²) < 4.78 is 28.0. The Hall–Kier alpha value is -4.53. The number of aliphatic imine (C=N–C) groups is 2. The molecule has 2 aliphatic rings. The van der Waals surface area contributed by atoms with Crippen LogP contribution in [0.3, 0.4) is 0 Å². The largest absolute Gasteiger partial charge is 0.497 e. The van der Waals surface area contributed by atoms with Crippen molar-refractivity contribution in [3.63, 3.8) is 0 Å². The molecular formula is C31H32N6O6S2. The molecule has 14 heteroatoms. The Balaban J connectivity index is 1.18. The third kappa shape index (κ3) is 7.95. The molecule has 0 saturated heterocycles. The van der Waals surface area contributed by atoms with Crippen LogP contribution in [0.4, 0.5) is 5.69 Å². The molecule has 5 rings (SSSR count). The zero-order chi connectivity index (χ0) is 32.0. The number of ether oxygens (including phenoxy) is 1. The van der Waals surface area contributed by atoms with E-state index in [9.17, 15) is 22.8 Å². The average molecular weight is 649 g/mol. The van der Waals surface area contributed by atoms with Crippen LogP contribution in [0.25, 0.3) is 0 Å². The zero-order valence-corrected chi connectivity index (χ0v) is 26.1. The van der Waals surface area contributed by atoms with Crippen LogP contribution in [0.1, 0.15) is 29.5 Å². The van der Waals surface area contributed by atoms with Gasteiger partial charge in [0.15, 0.2) is 5.17 Å². The van der Waals surface area contributed by atoms with Gasteiger partial charge in [-0.1, -0.05) is 48.2 Å². The van der Waals surface area contributed by atoms with Crippen molar-refractivity contribution in [2.75, 3.05) is 19.4 Å². The minimum Gasteiger partial charge on any atom is -0.497 e. The molecule has 2 heterocycles. The summed E-state index contributed by atoms with van der Waals surface area (Å²) in [5.41, 5.74) is 3.11. The molecule has 0 aromatic heterocycles. The molecule has 2 aliphatic heterocycles. The lowest BCUT2D eigenvalue weighted by molar-refractivity contribution is -0.122. The molecule has 0 fully saturated rings. The molecule has 1 unspecified atom stereocenters. The third-order valence-electron chi connectivity index (χ3n) is 7.22. The van der Waals surface area contributed by atoms with Crippen molar-refractivity contribution in [1.29, 1.82) is 0 Å². The first-order valence-corrected chi connectivity index (χ1v) is 16.7. The number of carbonyl (C=O) groups excluding carboxylic acids is 3. The number of methoxy groups -OCH3 is 1. The molecule has 0 saturated carbocycles. The predicted molar refractivity (Wildman–Crippen MR) is 172 cm³/mol. The second kappa shape index (κ2) is 14.1. The third-order valence-corrected chi connectivity index (χ3v) is 9.10. The second-order valence-electron chi connectivity index (χ2n) is 10.3. The highest BCUT2D eigenvalue weighted by molar-refractivity contribution is 8.14. The summed E-state index contributed by atoms with van der Waals surface area (Å²) in [6.45, 7) is 0.686. The normalized spacial score (nSPS) is 15.5. The van der Waals surface area contributed by atoms with Crippen molar-refractivity contribution in [1.82, 2.24) is 15.5 Å². The smallest absolute Gasteiger partial charge is 0.270 e. The number of amidine groups is 2. The van der Waals surface area contributed by atoms with Gasteiger partial charge >= 0.3 is 0 Å². The Bertz CT molecular complexity index is 1760. The summed E-state index contributed by atoms with van der Waals surface area (Å²) in [7, 11) is -2.18. The van der Waals surface area contributed by atoms with Gasteiger partial charge < -0.3 is 15.4 Å². The summed E-state index contributed by atoms with van der Waals surface area (Å²) in [6, 6.07) is 20.2. The van der Waals surface area contributed by atoms with E-state index < -0.39 is 16.1 Å². The number of amides is 3. The molecule has 45 heavy (non-hydrogen) atoms. The van der Waals surface area contributed by atoms with Crippen LogP contribution in [-0.4, -0.2) is 67.5 Å². The molecule has 0 spiro atoms. The molecule has 0 bridgehead atoms. The lowest BCUT2D eigenvalue weighted by Crippen LogP contribution is -2.44. The van der Waals surface area contributed by atoms with Gasteiger partial charge in [-0.15, -0.1) is 0 Å². The average Bonchev–Trinajstić information content (AvgIpc) is 3.37. The molecular weight excluding hydrogens is 617 g/mol. The Kier molecular flexibility index (Phi) is 9.96. The van der Waals surface area contributed by atoms with Crippen LogP contribution in [0, 0.1) is 0 Å². The number of carbonyl (C=O) groups is 3. The SMILES string of the molecule is COc1ccc(CNC(=O)CCC2C(=O)N=C3c4ccccc4N=C(SCC(=O)NCCc4ccc(S(N)(=O)=O)cc4)N32)cc1. The fourth-order valence-corrected chi connectivity index (χ4v) is 6.24. The van der Waals surface area contributed by atoms with Gasteiger partial charge in [0.2, 0.25) is 21.8 Å². The fourth-order valence-electron chi connectivity index (χ4n) is 4.85. The minimum atomic E-state index is -3.77. The van der Waals surface area contributed by atoms with E-state index in [1.54, 1.807) is 24.1 Å². The van der Waals surface area contributed by atoms with Crippen LogP contribution < -0.4 is 20.5 Å². The van der Waals surface area contributed by atoms with Gasteiger partial charge in [0.05, 0.1) is 23.4 Å². The maximum atomic E-state index is 13.1. The van der Waals surface area contributed by atoms with Crippen molar-refractivity contribution in [3.05, 3.63) is 89.5 Å². The number of thioether (sulfide) groups is 1. The number of primary sulfonamides is 1. The van der Waals surface area contributed by atoms with E-state index in [0.717, 1.165) is 16.9 Å². The summed E-state index contributed by atoms with van der Waals surface area (Å²) in [6.07, 6.45) is 0.818. The van der Waals surface area contributed by atoms with Crippen molar-refractivity contribution in [3.8, 4) is 5.75 Å². The number of fused-ring (bicyclic) bond motifs is 3. The van der Waals surface area contributed by atoms with Crippen molar-refractivity contribution in [2.24, 2.45) is 15.1 Å². The number of hydrogen-bond donors (Lipinski definition) is 3. The molecule has 0 radical (unpaired) electrons. The molecule has 1 atom stereocenters. The van der Waals surface area contributed by atoms with Crippen LogP contribution >= 0.6 is 11.8 Å². The van der Waals surface area contributed by atoms with Gasteiger partial charge in [0.25, 0.3) is 5.91 Å². The highest BCUT2D eigenvalue weighted by Gasteiger charge is 2.41. The van der Waals surface area contributed by atoms with E-state index in [-0.39, 0.29) is 41.2 Å². The van der Waals surface area contributed by atoms with E-state index in [1.165, 1.54) is 23.9 Å². The Morgan fingerprint density at radius 2 is 1.67 bits per heavy atom. The van der Waals surface area contributed by atoms with E-state index in [1.807, 2.05) is 48.5 Å². The molecule has 0 aliphatic carbocycles. The number of nitrogens with one attached hydrogen (secondary N) is 2. The highest BCUT2D eigenvalue weighted by Crippen LogP contribution is 2.35. The van der Waals surface area contributed by atoms with E-state index >= 15 is 0 Å².